The number of benzene rings is 1. The fourth-order valence-corrected chi connectivity index (χ4v) is 2.99. The summed E-state index contributed by atoms with van der Waals surface area (Å²) in [6, 6.07) is 7.48. The van der Waals surface area contributed by atoms with Crippen LogP contribution in [0.2, 0.25) is 0 Å². The van der Waals surface area contributed by atoms with E-state index < -0.39 is 0 Å². The number of aromatic nitrogens is 2. The molecule has 2 aromatic rings. The predicted octanol–water partition coefficient (Wildman–Crippen LogP) is 2.76. The third-order valence-electron chi connectivity index (χ3n) is 4.54. The maximum Gasteiger partial charge on any atom is 0.253 e. The molecule has 1 amide bonds. The fraction of sp³-hybridized carbons (Fsp3) is 0.421. The van der Waals surface area contributed by atoms with Gasteiger partial charge in [-0.3, -0.25) is 4.79 Å². The van der Waals surface area contributed by atoms with Crippen molar-refractivity contribution in [2.45, 2.75) is 31.8 Å². The van der Waals surface area contributed by atoms with E-state index in [1.54, 1.807) is 17.3 Å². The van der Waals surface area contributed by atoms with Crippen molar-refractivity contribution in [3.05, 3.63) is 42.2 Å². The van der Waals surface area contributed by atoms with E-state index in [0.29, 0.717) is 12.1 Å². The van der Waals surface area contributed by atoms with Crippen LogP contribution in [0.4, 0.5) is 5.95 Å². The molecule has 6 heteroatoms. The van der Waals surface area contributed by atoms with Crippen LogP contribution in [-0.2, 0) is 4.74 Å². The molecule has 2 N–H and O–H groups in total. The van der Waals surface area contributed by atoms with Crippen LogP contribution in [0.5, 0.6) is 0 Å². The SMILES string of the molecule is CN(CC[C@H]1CCCCO1)C(=O)c1ccc(-c2cnc(N)nc2)cc1. The van der Waals surface area contributed by atoms with Crippen LogP contribution in [0.3, 0.4) is 0 Å². The van der Waals surface area contributed by atoms with E-state index >= 15 is 0 Å². The van der Waals surface area contributed by atoms with E-state index in [-0.39, 0.29) is 18.0 Å². The molecule has 1 aliphatic heterocycles. The highest BCUT2D eigenvalue weighted by Gasteiger charge is 2.17. The fourth-order valence-electron chi connectivity index (χ4n) is 2.99. The Morgan fingerprint density at radius 1 is 1.20 bits per heavy atom. The van der Waals surface area contributed by atoms with Gasteiger partial charge < -0.3 is 15.4 Å². The first kappa shape index (κ1) is 17.4. The number of hydrogen-bond acceptors (Lipinski definition) is 5. The molecule has 0 radical (unpaired) electrons. The molecule has 1 aromatic carbocycles. The summed E-state index contributed by atoms with van der Waals surface area (Å²) in [6.45, 7) is 1.55. The largest absolute Gasteiger partial charge is 0.378 e. The molecular formula is C19H24N4O2. The summed E-state index contributed by atoms with van der Waals surface area (Å²) in [5, 5.41) is 0. The quantitative estimate of drug-likeness (QED) is 0.905. The van der Waals surface area contributed by atoms with Gasteiger partial charge in [0, 0.05) is 43.7 Å². The van der Waals surface area contributed by atoms with Gasteiger partial charge in [0.25, 0.3) is 5.91 Å². The highest BCUT2D eigenvalue weighted by atomic mass is 16.5. The number of anilines is 1. The monoisotopic (exact) mass is 340 g/mol. The maximum absolute atomic E-state index is 12.6. The summed E-state index contributed by atoms with van der Waals surface area (Å²) < 4.78 is 5.73. The second-order valence-corrected chi connectivity index (χ2v) is 6.41. The first-order valence-electron chi connectivity index (χ1n) is 8.68. The van der Waals surface area contributed by atoms with Gasteiger partial charge in [-0.25, -0.2) is 9.97 Å². The zero-order chi connectivity index (χ0) is 17.6. The summed E-state index contributed by atoms with van der Waals surface area (Å²) >= 11 is 0. The van der Waals surface area contributed by atoms with Crippen LogP contribution < -0.4 is 5.73 Å². The molecule has 0 spiro atoms. The van der Waals surface area contributed by atoms with Crippen molar-refractivity contribution in [1.82, 2.24) is 14.9 Å². The van der Waals surface area contributed by atoms with Gasteiger partial charge in [0.2, 0.25) is 5.95 Å². The molecule has 1 saturated heterocycles. The normalized spacial score (nSPS) is 17.2. The molecule has 0 unspecified atom stereocenters. The minimum absolute atomic E-state index is 0.0240. The molecule has 2 heterocycles. The van der Waals surface area contributed by atoms with Gasteiger partial charge in [0.05, 0.1) is 6.10 Å². The van der Waals surface area contributed by atoms with E-state index in [9.17, 15) is 4.79 Å². The van der Waals surface area contributed by atoms with Crippen molar-refractivity contribution < 1.29 is 9.53 Å². The Bertz CT molecular complexity index is 694. The van der Waals surface area contributed by atoms with Gasteiger partial charge in [-0.05, 0) is 43.4 Å². The lowest BCUT2D eigenvalue weighted by Gasteiger charge is -2.25. The highest BCUT2D eigenvalue weighted by Crippen LogP contribution is 2.20. The molecule has 1 fully saturated rings. The smallest absolute Gasteiger partial charge is 0.253 e. The van der Waals surface area contributed by atoms with Crippen molar-refractivity contribution in [1.29, 1.82) is 0 Å². The third-order valence-corrected chi connectivity index (χ3v) is 4.54. The summed E-state index contributed by atoms with van der Waals surface area (Å²) in [5.74, 6) is 0.273. The Morgan fingerprint density at radius 2 is 1.92 bits per heavy atom. The standard InChI is InChI=1S/C19H24N4O2/c1-23(10-9-17-4-2-3-11-25-17)18(24)15-7-5-14(6-8-15)16-12-21-19(20)22-13-16/h5-8,12-13,17H,2-4,9-11H2,1H3,(H2,20,21,22)/t17-/m1/s1. The molecule has 6 nitrogen and oxygen atoms in total. The van der Waals surface area contributed by atoms with Crippen molar-refractivity contribution in [2.24, 2.45) is 0 Å². The Labute approximate surface area is 148 Å². The Hall–Kier alpha value is -2.47. The molecule has 0 aliphatic carbocycles. The van der Waals surface area contributed by atoms with Crippen LogP contribution in [0.1, 0.15) is 36.0 Å². The van der Waals surface area contributed by atoms with Gasteiger partial charge in [-0.15, -0.1) is 0 Å². The van der Waals surface area contributed by atoms with Crippen LogP contribution >= 0.6 is 0 Å². The van der Waals surface area contributed by atoms with Gasteiger partial charge in [0.15, 0.2) is 0 Å². The topological polar surface area (TPSA) is 81.3 Å². The van der Waals surface area contributed by atoms with E-state index in [1.807, 2.05) is 31.3 Å². The Morgan fingerprint density at radius 3 is 2.56 bits per heavy atom. The average molecular weight is 340 g/mol. The lowest BCUT2D eigenvalue weighted by atomic mass is 10.1. The molecule has 1 aliphatic rings. The number of nitrogens with two attached hydrogens (primary N) is 1. The third kappa shape index (κ3) is 4.54. The molecule has 1 aromatic heterocycles. The summed E-state index contributed by atoms with van der Waals surface area (Å²) in [7, 11) is 1.84. The van der Waals surface area contributed by atoms with E-state index in [0.717, 1.165) is 37.0 Å². The van der Waals surface area contributed by atoms with Crippen molar-refractivity contribution in [3.8, 4) is 11.1 Å². The van der Waals surface area contributed by atoms with Crippen LogP contribution in [0, 0.1) is 0 Å². The van der Waals surface area contributed by atoms with Crippen molar-refractivity contribution >= 4 is 11.9 Å². The van der Waals surface area contributed by atoms with Crippen LogP contribution in [0.15, 0.2) is 36.7 Å². The number of nitrogen functional groups attached to an aromatic ring is 1. The van der Waals surface area contributed by atoms with E-state index in [1.165, 1.54) is 6.42 Å². The molecule has 0 bridgehead atoms. The van der Waals surface area contributed by atoms with Crippen molar-refractivity contribution in [2.75, 3.05) is 25.9 Å². The molecule has 1 atom stereocenters. The zero-order valence-corrected chi connectivity index (χ0v) is 14.5. The minimum Gasteiger partial charge on any atom is -0.378 e. The first-order chi connectivity index (χ1) is 12.1. The number of rotatable bonds is 5. The van der Waals surface area contributed by atoms with Gasteiger partial charge >= 0.3 is 0 Å². The Kier molecular flexibility index (Phi) is 5.60. The number of hydrogen-bond donors (Lipinski definition) is 1. The van der Waals surface area contributed by atoms with Gasteiger partial charge in [-0.2, -0.15) is 0 Å². The maximum atomic E-state index is 12.6. The Balaban J connectivity index is 1.58. The van der Waals surface area contributed by atoms with Crippen LogP contribution in [-0.4, -0.2) is 47.1 Å². The minimum atomic E-state index is 0.0240. The summed E-state index contributed by atoms with van der Waals surface area (Å²) in [4.78, 5) is 22.3. The second kappa shape index (κ2) is 8.07. The number of ether oxygens (including phenoxy) is 1. The molecule has 132 valence electrons. The van der Waals surface area contributed by atoms with Crippen LogP contribution in [0.25, 0.3) is 11.1 Å². The number of nitrogens with zero attached hydrogens (tertiary/aromatic N) is 3. The average Bonchev–Trinajstić information content (AvgIpc) is 2.67. The highest BCUT2D eigenvalue weighted by molar-refractivity contribution is 5.94. The first-order valence-corrected chi connectivity index (χ1v) is 8.68. The number of amides is 1. The lowest BCUT2D eigenvalue weighted by molar-refractivity contribution is 0.00709. The molecule has 3 rings (SSSR count). The van der Waals surface area contributed by atoms with E-state index in [2.05, 4.69) is 9.97 Å². The summed E-state index contributed by atoms with van der Waals surface area (Å²) in [5.41, 5.74) is 8.00. The second-order valence-electron chi connectivity index (χ2n) is 6.41. The van der Waals surface area contributed by atoms with Crippen molar-refractivity contribution in [3.63, 3.8) is 0 Å². The number of carbonyl (C=O) groups is 1. The predicted molar refractivity (Wildman–Crippen MR) is 97.0 cm³/mol. The summed E-state index contributed by atoms with van der Waals surface area (Å²) in [6.07, 6.45) is 8.00. The molecule has 25 heavy (non-hydrogen) atoms. The number of carbonyl (C=O) groups excluding carboxylic acids is 1. The lowest BCUT2D eigenvalue weighted by Crippen LogP contribution is -2.31. The zero-order valence-electron chi connectivity index (χ0n) is 14.5. The molecular weight excluding hydrogens is 316 g/mol. The van der Waals surface area contributed by atoms with E-state index in [4.69, 9.17) is 10.5 Å². The molecule has 0 saturated carbocycles. The van der Waals surface area contributed by atoms with Gasteiger partial charge in [-0.1, -0.05) is 12.1 Å². The van der Waals surface area contributed by atoms with Gasteiger partial charge in [0.1, 0.15) is 0 Å².